The molecule has 3 rings (SSSR count). The van der Waals surface area contributed by atoms with Crippen LogP contribution in [0.4, 0.5) is 0 Å². The van der Waals surface area contributed by atoms with Gasteiger partial charge in [-0.25, -0.2) is 0 Å². The number of ether oxygens (including phenoxy) is 2. The van der Waals surface area contributed by atoms with Gasteiger partial charge in [-0.05, 0) is 43.7 Å². The summed E-state index contributed by atoms with van der Waals surface area (Å²) in [5.41, 5.74) is 0. The highest BCUT2D eigenvalue weighted by atomic mass is 16.5. The number of amides is 1. The van der Waals surface area contributed by atoms with E-state index in [1.807, 2.05) is 24.3 Å². The predicted molar refractivity (Wildman–Crippen MR) is 98.6 cm³/mol. The number of hydrogen-bond acceptors (Lipinski definition) is 5. The number of rotatable bonds is 7. The van der Waals surface area contributed by atoms with Crippen molar-refractivity contribution in [2.24, 2.45) is 0 Å². The molecule has 140 valence electrons. The highest BCUT2D eigenvalue weighted by Crippen LogP contribution is 2.26. The minimum Gasteiger partial charge on any atom is -0.493 e. The van der Waals surface area contributed by atoms with Gasteiger partial charge in [0.1, 0.15) is 12.4 Å². The number of methoxy groups -OCH3 is 1. The van der Waals surface area contributed by atoms with Gasteiger partial charge in [-0.3, -0.25) is 4.79 Å². The Morgan fingerprint density at radius 2 is 1.92 bits per heavy atom. The molecule has 0 radical (unpaired) electrons. The molecule has 6 heteroatoms. The third-order valence-electron chi connectivity index (χ3n) is 4.69. The second kappa shape index (κ2) is 8.76. The highest BCUT2D eigenvalue weighted by Gasteiger charge is 2.21. The molecule has 0 spiro atoms. The van der Waals surface area contributed by atoms with Crippen LogP contribution in [-0.4, -0.2) is 43.6 Å². The number of carbonyl (C=O) groups excluding carboxylic acids is 1. The number of para-hydroxylation sites is 2. The number of furan rings is 1. The zero-order valence-electron chi connectivity index (χ0n) is 15.4. The molecule has 0 unspecified atom stereocenters. The molecule has 0 aliphatic carbocycles. The van der Waals surface area contributed by atoms with Crippen LogP contribution in [0.3, 0.4) is 0 Å². The summed E-state index contributed by atoms with van der Waals surface area (Å²) in [6, 6.07) is 11.1. The van der Waals surface area contributed by atoms with Crippen molar-refractivity contribution in [3.63, 3.8) is 0 Å². The number of carbonyl (C=O) groups is 1. The maximum Gasteiger partial charge on any atom is 0.287 e. The first-order valence-corrected chi connectivity index (χ1v) is 9.07. The van der Waals surface area contributed by atoms with Crippen LogP contribution in [0.5, 0.6) is 11.5 Å². The summed E-state index contributed by atoms with van der Waals surface area (Å²) < 4.78 is 16.6. The van der Waals surface area contributed by atoms with Gasteiger partial charge < -0.3 is 24.1 Å². The molecule has 0 saturated carbocycles. The van der Waals surface area contributed by atoms with Crippen LogP contribution in [-0.2, 0) is 6.61 Å². The fourth-order valence-corrected chi connectivity index (χ4v) is 3.11. The third-order valence-corrected chi connectivity index (χ3v) is 4.69. The van der Waals surface area contributed by atoms with Crippen molar-refractivity contribution in [3.05, 3.63) is 47.9 Å². The second-order valence-corrected chi connectivity index (χ2v) is 6.39. The van der Waals surface area contributed by atoms with Gasteiger partial charge in [0, 0.05) is 19.1 Å². The van der Waals surface area contributed by atoms with Crippen LogP contribution in [0.15, 0.2) is 40.8 Å². The van der Waals surface area contributed by atoms with Gasteiger partial charge in [0.05, 0.1) is 7.11 Å². The summed E-state index contributed by atoms with van der Waals surface area (Å²) in [7, 11) is 1.60. The van der Waals surface area contributed by atoms with E-state index in [-0.39, 0.29) is 18.6 Å². The summed E-state index contributed by atoms with van der Waals surface area (Å²) in [5, 5.41) is 3.06. The molecule has 1 saturated heterocycles. The molecule has 2 aromatic rings. The summed E-state index contributed by atoms with van der Waals surface area (Å²) in [5.74, 6) is 2.06. The number of piperidine rings is 1. The van der Waals surface area contributed by atoms with Crippen LogP contribution in [0.1, 0.15) is 36.1 Å². The summed E-state index contributed by atoms with van der Waals surface area (Å²) in [6.45, 7) is 5.52. The third kappa shape index (κ3) is 4.58. The topological polar surface area (TPSA) is 63.9 Å². The quantitative estimate of drug-likeness (QED) is 0.824. The number of nitrogens with zero attached hydrogens (tertiary/aromatic N) is 1. The second-order valence-electron chi connectivity index (χ2n) is 6.39. The molecule has 6 nitrogen and oxygen atoms in total. The average molecular weight is 358 g/mol. The zero-order chi connectivity index (χ0) is 18.4. The maximum absolute atomic E-state index is 12.4. The Bertz CT molecular complexity index is 720. The van der Waals surface area contributed by atoms with Gasteiger partial charge in [0.2, 0.25) is 0 Å². The number of hydrogen-bond donors (Lipinski definition) is 1. The average Bonchev–Trinajstić information content (AvgIpc) is 3.16. The van der Waals surface area contributed by atoms with E-state index < -0.39 is 0 Å². The molecule has 1 fully saturated rings. The van der Waals surface area contributed by atoms with E-state index in [0.29, 0.717) is 23.0 Å². The first-order valence-electron chi connectivity index (χ1n) is 9.07. The standard InChI is InChI=1S/C20H26N2O4/c1-3-22-12-10-15(11-13-22)21-20(23)19-9-8-16(26-19)14-25-18-7-5-4-6-17(18)24-2/h4-9,15H,3,10-14H2,1-2H3,(H,21,23). The Kier molecular flexibility index (Phi) is 6.17. The van der Waals surface area contributed by atoms with E-state index >= 15 is 0 Å². The van der Waals surface area contributed by atoms with Crippen LogP contribution < -0.4 is 14.8 Å². The SMILES string of the molecule is CCN1CCC(NC(=O)c2ccc(COc3ccccc3OC)o2)CC1. The lowest BCUT2D eigenvalue weighted by molar-refractivity contribution is 0.0880. The van der Waals surface area contributed by atoms with Crippen molar-refractivity contribution in [3.8, 4) is 11.5 Å². The Morgan fingerprint density at radius 1 is 1.19 bits per heavy atom. The fourth-order valence-electron chi connectivity index (χ4n) is 3.11. The summed E-state index contributed by atoms with van der Waals surface area (Å²) >= 11 is 0. The molecule has 1 amide bonds. The molecular formula is C20H26N2O4. The fraction of sp³-hybridized carbons (Fsp3) is 0.450. The molecule has 1 aromatic heterocycles. The first-order chi connectivity index (χ1) is 12.7. The molecular weight excluding hydrogens is 332 g/mol. The van der Waals surface area contributed by atoms with E-state index in [9.17, 15) is 4.79 Å². The minimum absolute atomic E-state index is 0.163. The first kappa shape index (κ1) is 18.3. The molecule has 0 atom stereocenters. The Morgan fingerprint density at radius 3 is 2.62 bits per heavy atom. The Balaban J connectivity index is 1.52. The van der Waals surface area contributed by atoms with E-state index in [0.717, 1.165) is 32.5 Å². The molecule has 1 aliphatic rings. The van der Waals surface area contributed by atoms with E-state index in [1.165, 1.54) is 0 Å². The molecule has 1 N–H and O–H groups in total. The van der Waals surface area contributed by atoms with Gasteiger partial charge in [-0.1, -0.05) is 19.1 Å². The van der Waals surface area contributed by atoms with E-state index in [2.05, 4.69) is 17.1 Å². The summed E-state index contributed by atoms with van der Waals surface area (Å²) in [6.07, 6.45) is 1.95. The van der Waals surface area contributed by atoms with Gasteiger partial charge in [0.25, 0.3) is 5.91 Å². The van der Waals surface area contributed by atoms with Crippen molar-refractivity contribution in [1.82, 2.24) is 10.2 Å². The van der Waals surface area contributed by atoms with Crippen molar-refractivity contribution >= 4 is 5.91 Å². The van der Waals surface area contributed by atoms with Crippen molar-refractivity contribution in [2.45, 2.75) is 32.4 Å². The lowest BCUT2D eigenvalue weighted by Gasteiger charge is -2.31. The van der Waals surface area contributed by atoms with Crippen molar-refractivity contribution in [2.75, 3.05) is 26.7 Å². The van der Waals surface area contributed by atoms with Crippen molar-refractivity contribution in [1.29, 1.82) is 0 Å². The molecule has 0 bridgehead atoms. The van der Waals surface area contributed by atoms with Gasteiger partial charge in [-0.2, -0.15) is 0 Å². The normalized spacial score (nSPS) is 15.6. The predicted octanol–water partition coefficient (Wildman–Crippen LogP) is 3.08. The molecule has 1 aromatic carbocycles. The smallest absolute Gasteiger partial charge is 0.287 e. The number of nitrogens with one attached hydrogen (secondary N) is 1. The zero-order valence-corrected chi connectivity index (χ0v) is 15.4. The monoisotopic (exact) mass is 358 g/mol. The lowest BCUT2D eigenvalue weighted by Crippen LogP contribution is -2.44. The Labute approximate surface area is 154 Å². The number of likely N-dealkylation sites (tertiary alicyclic amines) is 1. The van der Waals surface area contributed by atoms with Gasteiger partial charge >= 0.3 is 0 Å². The van der Waals surface area contributed by atoms with Gasteiger partial charge in [0.15, 0.2) is 17.3 Å². The van der Waals surface area contributed by atoms with Crippen LogP contribution in [0.2, 0.25) is 0 Å². The minimum atomic E-state index is -0.163. The molecule has 26 heavy (non-hydrogen) atoms. The van der Waals surface area contributed by atoms with Crippen LogP contribution in [0, 0.1) is 0 Å². The molecule has 2 heterocycles. The highest BCUT2D eigenvalue weighted by molar-refractivity contribution is 5.91. The van der Waals surface area contributed by atoms with Crippen molar-refractivity contribution < 1.29 is 18.7 Å². The lowest BCUT2D eigenvalue weighted by atomic mass is 10.1. The molecule has 1 aliphatic heterocycles. The summed E-state index contributed by atoms with van der Waals surface area (Å²) in [4.78, 5) is 14.8. The number of benzene rings is 1. The van der Waals surface area contributed by atoms with Crippen LogP contribution >= 0.6 is 0 Å². The van der Waals surface area contributed by atoms with E-state index in [4.69, 9.17) is 13.9 Å². The van der Waals surface area contributed by atoms with Crippen LogP contribution in [0.25, 0.3) is 0 Å². The van der Waals surface area contributed by atoms with E-state index in [1.54, 1.807) is 19.2 Å². The Hall–Kier alpha value is -2.47. The largest absolute Gasteiger partial charge is 0.493 e. The van der Waals surface area contributed by atoms with Gasteiger partial charge in [-0.15, -0.1) is 0 Å². The maximum atomic E-state index is 12.4.